The minimum absolute atomic E-state index is 0.0667. The first-order chi connectivity index (χ1) is 9.12. The fourth-order valence-corrected chi connectivity index (χ4v) is 2.81. The molecule has 1 aliphatic carbocycles. The Kier molecular flexibility index (Phi) is 4.79. The highest BCUT2D eigenvalue weighted by molar-refractivity contribution is 7.89. The van der Waals surface area contributed by atoms with Gasteiger partial charge in [-0.3, -0.25) is 0 Å². The van der Waals surface area contributed by atoms with Crippen molar-refractivity contribution in [1.82, 2.24) is 4.72 Å². The average Bonchev–Trinajstić information content (AvgIpc) is 3.21. The van der Waals surface area contributed by atoms with Gasteiger partial charge in [0, 0.05) is 6.54 Å². The Morgan fingerprint density at radius 3 is 2.53 bits per heavy atom. The molecule has 2 N–H and O–H groups in total. The van der Waals surface area contributed by atoms with Gasteiger partial charge < -0.3 is 9.84 Å². The van der Waals surface area contributed by atoms with Crippen LogP contribution in [0.2, 0.25) is 0 Å². The zero-order valence-corrected chi connectivity index (χ0v) is 11.5. The number of sulfonamides is 1. The van der Waals surface area contributed by atoms with Crippen molar-refractivity contribution in [2.24, 2.45) is 5.92 Å². The number of benzene rings is 1. The van der Waals surface area contributed by atoms with Crippen molar-refractivity contribution in [2.75, 3.05) is 19.8 Å². The summed E-state index contributed by atoms with van der Waals surface area (Å²) in [5, 5.41) is 8.63. The predicted molar refractivity (Wildman–Crippen MR) is 71.6 cm³/mol. The lowest BCUT2D eigenvalue weighted by Gasteiger charge is -2.08. The molecule has 0 heterocycles. The summed E-state index contributed by atoms with van der Waals surface area (Å²) < 4.78 is 31.7. The Labute approximate surface area is 113 Å². The highest BCUT2D eigenvalue weighted by Crippen LogP contribution is 2.31. The lowest BCUT2D eigenvalue weighted by Crippen LogP contribution is -2.25. The molecule has 19 heavy (non-hydrogen) atoms. The van der Waals surface area contributed by atoms with E-state index in [0.29, 0.717) is 18.2 Å². The van der Waals surface area contributed by atoms with E-state index in [1.54, 1.807) is 12.1 Å². The normalized spacial score (nSPS) is 15.4. The molecule has 1 fully saturated rings. The summed E-state index contributed by atoms with van der Waals surface area (Å²) in [7, 11) is -3.42. The fourth-order valence-electron chi connectivity index (χ4n) is 1.77. The van der Waals surface area contributed by atoms with Gasteiger partial charge in [0.2, 0.25) is 10.0 Å². The third-order valence-electron chi connectivity index (χ3n) is 3.04. The molecular formula is C13H19NO4S. The first-order valence-corrected chi connectivity index (χ1v) is 7.93. The van der Waals surface area contributed by atoms with Crippen molar-refractivity contribution < 1.29 is 18.3 Å². The van der Waals surface area contributed by atoms with Gasteiger partial charge in [-0.25, -0.2) is 13.1 Å². The molecule has 1 aromatic rings. The van der Waals surface area contributed by atoms with E-state index in [2.05, 4.69) is 4.72 Å². The Morgan fingerprint density at radius 1 is 1.26 bits per heavy atom. The van der Waals surface area contributed by atoms with Crippen molar-refractivity contribution in [3.8, 4) is 5.75 Å². The van der Waals surface area contributed by atoms with E-state index in [-0.39, 0.29) is 18.1 Å². The lowest BCUT2D eigenvalue weighted by molar-refractivity contribution is 0.201. The van der Waals surface area contributed by atoms with E-state index in [4.69, 9.17) is 9.84 Å². The van der Waals surface area contributed by atoms with Gasteiger partial charge in [0.25, 0.3) is 0 Å². The van der Waals surface area contributed by atoms with Crippen LogP contribution in [0, 0.1) is 5.92 Å². The molecule has 0 atom stereocenters. The quantitative estimate of drug-likeness (QED) is 0.751. The van der Waals surface area contributed by atoms with E-state index < -0.39 is 10.0 Å². The number of ether oxygens (including phenoxy) is 1. The third-order valence-corrected chi connectivity index (χ3v) is 4.51. The van der Waals surface area contributed by atoms with E-state index in [0.717, 1.165) is 6.42 Å². The predicted octanol–water partition coefficient (Wildman–Crippen LogP) is 1.14. The van der Waals surface area contributed by atoms with Crippen LogP contribution in [0.1, 0.15) is 19.3 Å². The van der Waals surface area contributed by atoms with Crippen molar-refractivity contribution in [3.05, 3.63) is 24.3 Å². The number of rotatable bonds is 8. The van der Waals surface area contributed by atoms with Gasteiger partial charge in [-0.1, -0.05) is 12.8 Å². The van der Waals surface area contributed by atoms with Crippen molar-refractivity contribution >= 4 is 10.0 Å². The molecule has 1 aliphatic rings. The highest BCUT2D eigenvalue weighted by Gasteiger charge is 2.22. The number of aliphatic hydroxyl groups excluding tert-OH is 1. The maximum absolute atomic E-state index is 12.0. The van der Waals surface area contributed by atoms with Crippen LogP contribution in [-0.4, -0.2) is 33.3 Å². The molecule has 6 heteroatoms. The molecule has 0 unspecified atom stereocenters. The van der Waals surface area contributed by atoms with Crippen LogP contribution in [0.4, 0.5) is 0 Å². The van der Waals surface area contributed by atoms with E-state index in [1.807, 2.05) is 0 Å². The zero-order chi connectivity index (χ0) is 13.7. The van der Waals surface area contributed by atoms with Crippen molar-refractivity contribution in [1.29, 1.82) is 0 Å². The number of hydrogen-bond acceptors (Lipinski definition) is 4. The SMILES string of the molecule is O=S(=O)(NCCC1CC1)c1ccc(OCCO)cc1. The van der Waals surface area contributed by atoms with Crippen molar-refractivity contribution in [3.63, 3.8) is 0 Å². The van der Waals surface area contributed by atoms with Gasteiger partial charge in [-0.15, -0.1) is 0 Å². The molecule has 0 aromatic heterocycles. The second kappa shape index (κ2) is 6.36. The minimum atomic E-state index is -3.42. The Morgan fingerprint density at radius 2 is 1.95 bits per heavy atom. The van der Waals surface area contributed by atoms with Crippen LogP contribution >= 0.6 is 0 Å². The second-order valence-corrected chi connectivity index (χ2v) is 6.44. The fraction of sp³-hybridized carbons (Fsp3) is 0.538. The molecule has 2 rings (SSSR count). The summed E-state index contributed by atoms with van der Waals surface area (Å²) >= 11 is 0. The van der Waals surface area contributed by atoms with Crippen LogP contribution in [0.15, 0.2) is 29.2 Å². The van der Waals surface area contributed by atoms with Crippen LogP contribution in [-0.2, 0) is 10.0 Å². The Hall–Kier alpha value is -1.11. The molecule has 0 radical (unpaired) electrons. The lowest BCUT2D eigenvalue weighted by atomic mass is 10.3. The monoisotopic (exact) mass is 285 g/mol. The smallest absolute Gasteiger partial charge is 0.240 e. The topological polar surface area (TPSA) is 75.6 Å². The molecule has 0 bridgehead atoms. The zero-order valence-electron chi connectivity index (χ0n) is 10.7. The second-order valence-electron chi connectivity index (χ2n) is 4.67. The Bertz CT molecular complexity index is 494. The molecule has 0 amide bonds. The first-order valence-electron chi connectivity index (χ1n) is 6.45. The Balaban J connectivity index is 1.90. The summed E-state index contributed by atoms with van der Waals surface area (Å²) in [5.74, 6) is 1.25. The van der Waals surface area contributed by atoms with E-state index in [9.17, 15) is 8.42 Å². The summed E-state index contributed by atoms with van der Waals surface area (Å²) in [5.41, 5.74) is 0. The summed E-state index contributed by atoms with van der Waals surface area (Å²) in [4.78, 5) is 0.236. The third kappa shape index (κ3) is 4.49. The molecular weight excluding hydrogens is 266 g/mol. The van der Waals surface area contributed by atoms with Gasteiger partial charge in [-0.2, -0.15) is 0 Å². The van der Waals surface area contributed by atoms with Gasteiger partial charge in [0.1, 0.15) is 12.4 Å². The van der Waals surface area contributed by atoms with Crippen molar-refractivity contribution in [2.45, 2.75) is 24.2 Å². The molecule has 5 nitrogen and oxygen atoms in total. The van der Waals surface area contributed by atoms with Crippen LogP contribution in [0.3, 0.4) is 0 Å². The standard InChI is InChI=1S/C13H19NO4S/c15-9-10-18-12-3-5-13(6-4-12)19(16,17)14-8-7-11-1-2-11/h3-6,11,14-15H,1-2,7-10H2. The van der Waals surface area contributed by atoms with Crippen LogP contribution < -0.4 is 9.46 Å². The van der Waals surface area contributed by atoms with Gasteiger partial charge in [-0.05, 0) is 36.6 Å². The molecule has 0 spiro atoms. The summed E-state index contributed by atoms with van der Waals surface area (Å²) in [6.45, 7) is 0.629. The first kappa shape index (κ1) is 14.3. The minimum Gasteiger partial charge on any atom is -0.491 e. The molecule has 1 aromatic carbocycles. The summed E-state index contributed by atoms with van der Waals surface area (Å²) in [6.07, 6.45) is 3.36. The maximum atomic E-state index is 12.0. The maximum Gasteiger partial charge on any atom is 0.240 e. The molecule has 0 saturated heterocycles. The highest BCUT2D eigenvalue weighted by atomic mass is 32.2. The molecule has 106 valence electrons. The number of aliphatic hydroxyl groups is 1. The van der Waals surface area contributed by atoms with Crippen LogP contribution in [0.5, 0.6) is 5.75 Å². The number of nitrogens with one attached hydrogen (secondary N) is 1. The van der Waals surface area contributed by atoms with Gasteiger partial charge in [0.15, 0.2) is 0 Å². The molecule has 0 aliphatic heterocycles. The van der Waals surface area contributed by atoms with Gasteiger partial charge in [0.05, 0.1) is 11.5 Å². The summed E-state index contributed by atoms with van der Waals surface area (Å²) in [6, 6.07) is 6.19. The van der Waals surface area contributed by atoms with Gasteiger partial charge >= 0.3 is 0 Å². The number of hydrogen-bond donors (Lipinski definition) is 2. The molecule has 1 saturated carbocycles. The average molecular weight is 285 g/mol. The van der Waals surface area contributed by atoms with E-state index in [1.165, 1.54) is 25.0 Å². The van der Waals surface area contributed by atoms with E-state index >= 15 is 0 Å². The largest absolute Gasteiger partial charge is 0.491 e. The van der Waals surface area contributed by atoms with Crippen LogP contribution in [0.25, 0.3) is 0 Å².